The summed E-state index contributed by atoms with van der Waals surface area (Å²) >= 11 is 0. The largest absolute Gasteiger partial charge is 0.508 e. The molecule has 132 valence electrons. The molecule has 0 aliphatic rings. The van der Waals surface area contributed by atoms with E-state index >= 15 is 0 Å². The third kappa shape index (κ3) is 5.88. The number of phenolic OH excluding ortho intramolecular Hbond substituents is 1. The van der Waals surface area contributed by atoms with E-state index in [-0.39, 0.29) is 11.7 Å². The molecule has 1 N–H and O–H groups in total. The van der Waals surface area contributed by atoms with E-state index in [2.05, 4.69) is 0 Å². The number of hydrogen-bond acceptors (Lipinski definition) is 5. The molecule has 0 unspecified atom stereocenters. The van der Waals surface area contributed by atoms with Gasteiger partial charge in [0.25, 0.3) is 0 Å². The number of carbonyl (C=O) groups excluding carboxylic acids is 1. The van der Waals surface area contributed by atoms with E-state index in [0.29, 0.717) is 24.5 Å². The minimum absolute atomic E-state index is 0.190. The van der Waals surface area contributed by atoms with Crippen LogP contribution in [0.3, 0.4) is 0 Å². The molecule has 2 rings (SSSR count). The Kier molecular flexibility index (Phi) is 6.89. The number of esters is 1. The van der Waals surface area contributed by atoms with Crippen LogP contribution in [0.25, 0.3) is 6.08 Å². The van der Waals surface area contributed by atoms with Crippen molar-refractivity contribution < 1.29 is 24.1 Å². The number of carbonyl (C=O) groups is 1. The van der Waals surface area contributed by atoms with Crippen molar-refractivity contribution in [3.05, 3.63) is 59.7 Å². The lowest BCUT2D eigenvalue weighted by atomic mass is 10.1. The molecule has 0 heterocycles. The van der Waals surface area contributed by atoms with Gasteiger partial charge >= 0.3 is 5.97 Å². The molecule has 0 saturated heterocycles. The molecule has 5 heteroatoms. The summed E-state index contributed by atoms with van der Waals surface area (Å²) in [4.78, 5) is 11.7. The van der Waals surface area contributed by atoms with Gasteiger partial charge in [-0.05, 0) is 54.3 Å². The zero-order valence-electron chi connectivity index (χ0n) is 14.4. The predicted molar refractivity (Wildman–Crippen MR) is 96.0 cm³/mol. The van der Waals surface area contributed by atoms with Gasteiger partial charge in [0.1, 0.15) is 5.75 Å². The van der Waals surface area contributed by atoms with Gasteiger partial charge in [0, 0.05) is 6.08 Å². The van der Waals surface area contributed by atoms with E-state index < -0.39 is 0 Å². The van der Waals surface area contributed by atoms with E-state index in [0.717, 1.165) is 17.5 Å². The Hall–Kier alpha value is -2.95. The Morgan fingerprint density at radius 1 is 1.04 bits per heavy atom. The van der Waals surface area contributed by atoms with Gasteiger partial charge in [-0.2, -0.15) is 0 Å². The van der Waals surface area contributed by atoms with Crippen molar-refractivity contribution in [3.63, 3.8) is 0 Å². The summed E-state index contributed by atoms with van der Waals surface area (Å²) in [6.07, 6.45) is 4.52. The van der Waals surface area contributed by atoms with Crippen LogP contribution < -0.4 is 9.47 Å². The average Bonchev–Trinajstić information content (AvgIpc) is 2.64. The Bertz CT molecular complexity index is 719. The second-order valence-electron chi connectivity index (χ2n) is 5.39. The van der Waals surface area contributed by atoms with Crippen molar-refractivity contribution in [1.29, 1.82) is 0 Å². The van der Waals surface area contributed by atoms with E-state index in [1.165, 1.54) is 6.08 Å². The van der Waals surface area contributed by atoms with E-state index in [1.54, 1.807) is 44.6 Å². The summed E-state index contributed by atoms with van der Waals surface area (Å²) in [5.74, 6) is 1.18. The van der Waals surface area contributed by atoms with Crippen LogP contribution >= 0.6 is 0 Å². The van der Waals surface area contributed by atoms with Gasteiger partial charge in [-0.25, -0.2) is 4.79 Å². The molecule has 2 aromatic carbocycles. The van der Waals surface area contributed by atoms with Gasteiger partial charge in [0.2, 0.25) is 0 Å². The third-order valence-corrected chi connectivity index (χ3v) is 3.61. The molecule has 0 amide bonds. The summed E-state index contributed by atoms with van der Waals surface area (Å²) in [7, 11) is 3.20. The Morgan fingerprint density at radius 2 is 1.76 bits per heavy atom. The van der Waals surface area contributed by atoms with Crippen molar-refractivity contribution in [2.45, 2.75) is 12.8 Å². The van der Waals surface area contributed by atoms with Gasteiger partial charge in [-0.1, -0.05) is 18.2 Å². The van der Waals surface area contributed by atoms with Crippen molar-refractivity contribution in [2.24, 2.45) is 0 Å². The Labute approximate surface area is 147 Å². The lowest BCUT2D eigenvalue weighted by molar-refractivity contribution is -0.137. The van der Waals surface area contributed by atoms with E-state index in [9.17, 15) is 9.90 Å². The second-order valence-corrected chi connectivity index (χ2v) is 5.39. The molecule has 0 radical (unpaired) electrons. The molecule has 0 aromatic heterocycles. The standard InChI is InChI=1S/C20H22O5/c1-23-18-11-7-16(14-19(18)24-2)4-3-13-25-20(22)12-8-15-5-9-17(21)10-6-15/h5-12,14,21H,3-4,13H2,1-2H3/b12-8+. The van der Waals surface area contributed by atoms with Gasteiger partial charge in [-0.3, -0.25) is 0 Å². The molecule has 0 saturated carbocycles. The van der Waals surface area contributed by atoms with Crippen LogP contribution in [-0.4, -0.2) is 31.9 Å². The minimum Gasteiger partial charge on any atom is -0.508 e. The molecule has 25 heavy (non-hydrogen) atoms. The van der Waals surface area contributed by atoms with Crippen LogP contribution in [0.1, 0.15) is 17.5 Å². The summed E-state index contributed by atoms with van der Waals surface area (Å²) in [6.45, 7) is 0.340. The summed E-state index contributed by atoms with van der Waals surface area (Å²) < 4.78 is 15.6. The molecule has 0 bridgehead atoms. The quantitative estimate of drug-likeness (QED) is 0.451. The fourth-order valence-corrected chi connectivity index (χ4v) is 2.28. The number of phenols is 1. The van der Waals surface area contributed by atoms with Gasteiger partial charge in [-0.15, -0.1) is 0 Å². The number of aromatic hydroxyl groups is 1. The number of aryl methyl sites for hydroxylation is 1. The third-order valence-electron chi connectivity index (χ3n) is 3.61. The van der Waals surface area contributed by atoms with Gasteiger partial charge in [0.15, 0.2) is 11.5 Å². The zero-order chi connectivity index (χ0) is 18.1. The fraction of sp³-hybridized carbons (Fsp3) is 0.250. The average molecular weight is 342 g/mol. The summed E-state index contributed by atoms with van der Waals surface area (Å²) in [6, 6.07) is 12.3. The number of hydrogen-bond donors (Lipinski definition) is 1. The van der Waals surface area contributed by atoms with Crippen LogP contribution in [0.2, 0.25) is 0 Å². The van der Waals surface area contributed by atoms with Gasteiger partial charge < -0.3 is 19.3 Å². The van der Waals surface area contributed by atoms with Crippen molar-refractivity contribution in [3.8, 4) is 17.2 Å². The smallest absolute Gasteiger partial charge is 0.330 e. The molecule has 0 spiro atoms. The van der Waals surface area contributed by atoms with Crippen molar-refractivity contribution in [1.82, 2.24) is 0 Å². The lowest BCUT2D eigenvalue weighted by Crippen LogP contribution is -2.03. The maximum Gasteiger partial charge on any atom is 0.330 e. The highest BCUT2D eigenvalue weighted by Gasteiger charge is 2.05. The van der Waals surface area contributed by atoms with Crippen LogP contribution in [0.5, 0.6) is 17.2 Å². The monoisotopic (exact) mass is 342 g/mol. The summed E-state index contributed by atoms with van der Waals surface area (Å²) in [5.41, 5.74) is 1.91. The van der Waals surface area contributed by atoms with Crippen LogP contribution in [0, 0.1) is 0 Å². The van der Waals surface area contributed by atoms with Crippen LogP contribution in [-0.2, 0) is 16.0 Å². The van der Waals surface area contributed by atoms with Crippen molar-refractivity contribution in [2.75, 3.05) is 20.8 Å². The maximum atomic E-state index is 11.7. The second kappa shape index (κ2) is 9.37. The summed E-state index contributed by atoms with van der Waals surface area (Å²) in [5, 5.41) is 9.20. The number of rotatable bonds is 8. The maximum absolute atomic E-state index is 11.7. The van der Waals surface area contributed by atoms with Gasteiger partial charge in [0.05, 0.1) is 20.8 Å². The first-order valence-corrected chi connectivity index (χ1v) is 7.97. The Balaban J connectivity index is 1.75. The molecule has 0 fully saturated rings. The predicted octanol–water partition coefficient (Wildman–Crippen LogP) is 3.60. The Morgan fingerprint density at radius 3 is 2.44 bits per heavy atom. The molecular formula is C20H22O5. The van der Waals surface area contributed by atoms with E-state index in [4.69, 9.17) is 14.2 Å². The topological polar surface area (TPSA) is 65.0 Å². The normalized spacial score (nSPS) is 10.6. The van der Waals surface area contributed by atoms with Crippen molar-refractivity contribution >= 4 is 12.0 Å². The van der Waals surface area contributed by atoms with E-state index in [1.807, 2.05) is 18.2 Å². The highest BCUT2D eigenvalue weighted by atomic mass is 16.5. The highest BCUT2D eigenvalue weighted by molar-refractivity contribution is 5.87. The first kappa shape index (κ1) is 18.4. The van der Waals surface area contributed by atoms with Crippen LogP contribution in [0.15, 0.2) is 48.5 Å². The molecule has 0 atom stereocenters. The number of benzene rings is 2. The number of ether oxygens (including phenoxy) is 3. The molecule has 0 aliphatic carbocycles. The first-order valence-electron chi connectivity index (χ1n) is 7.97. The number of methoxy groups -OCH3 is 2. The van der Waals surface area contributed by atoms with Crippen LogP contribution in [0.4, 0.5) is 0 Å². The molecule has 5 nitrogen and oxygen atoms in total. The first-order chi connectivity index (χ1) is 12.1. The zero-order valence-corrected chi connectivity index (χ0v) is 14.4. The molecule has 2 aromatic rings. The molecule has 0 aliphatic heterocycles. The molecular weight excluding hydrogens is 320 g/mol. The highest BCUT2D eigenvalue weighted by Crippen LogP contribution is 2.27. The lowest BCUT2D eigenvalue weighted by Gasteiger charge is -2.09. The fourth-order valence-electron chi connectivity index (χ4n) is 2.28. The minimum atomic E-state index is -0.389. The SMILES string of the molecule is COc1ccc(CCCOC(=O)/C=C/c2ccc(O)cc2)cc1OC.